The predicted molar refractivity (Wildman–Crippen MR) is 130 cm³/mol. The fourth-order valence-corrected chi connectivity index (χ4v) is 6.15. The average molecular weight is 484 g/mol. The summed E-state index contributed by atoms with van der Waals surface area (Å²) in [7, 11) is 1.70. The third-order valence-electron chi connectivity index (χ3n) is 6.71. The van der Waals surface area contributed by atoms with E-state index in [-0.39, 0.29) is 0 Å². The summed E-state index contributed by atoms with van der Waals surface area (Å²) in [6.07, 6.45) is 2.36. The van der Waals surface area contributed by atoms with Crippen molar-refractivity contribution in [3.05, 3.63) is 47.8 Å². The number of anilines is 1. The van der Waals surface area contributed by atoms with Gasteiger partial charge in [-0.05, 0) is 42.8 Å². The van der Waals surface area contributed by atoms with Crippen LogP contribution in [0.1, 0.15) is 11.1 Å². The SMILES string of the molecule is COc1cc2ncnc(N3CCc4ccc(S(=O)(=O)N5CCN(C)CC5)cc4C3)c2cc1OC. The van der Waals surface area contributed by atoms with Gasteiger partial charge in [0.05, 0.1) is 24.6 Å². The van der Waals surface area contributed by atoms with Crippen LogP contribution >= 0.6 is 0 Å². The van der Waals surface area contributed by atoms with Gasteiger partial charge in [0.25, 0.3) is 0 Å². The summed E-state index contributed by atoms with van der Waals surface area (Å²) in [4.78, 5) is 13.7. The van der Waals surface area contributed by atoms with E-state index in [9.17, 15) is 8.42 Å². The van der Waals surface area contributed by atoms with Crippen molar-refractivity contribution in [3.8, 4) is 11.5 Å². The molecule has 2 aliphatic heterocycles. The van der Waals surface area contributed by atoms with E-state index in [1.807, 2.05) is 31.3 Å². The lowest BCUT2D eigenvalue weighted by molar-refractivity contribution is 0.222. The molecule has 0 spiro atoms. The number of likely N-dealkylation sites (N-methyl/N-ethyl adjacent to an activating group) is 1. The van der Waals surface area contributed by atoms with Crippen LogP contribution in [-0.2, 0) is 23.0 Å². The first kappa shape index (κ1) is 22.8. The highest BCUT2D eigenvalue weighted by Crippen LogP contribution is 2.36. The van der Waals surface area contributed by atoms with Crippen LogP contribution in [0.5, 0.6) is 11.5 Å². The molecule has 9 nitrogen and oxygen atoms in total. The molecular formula is C24H29N5O4S. The number of hydrogen-bond donors (Lipinski definition) is 0. The van der Waals surface area contributed by atoms with Crippen LogP contribution in [0.4, 0.5) is 5.82 Å². The van der Waals surface area contributed by atoms with Crippen molar-refractivity contribution in [1.82, 2.24) is 19.2 Å². The van der Waals surface area contributed by atoms with Crippen LogP contribution in [0, 0.1) is 0 Å². The molecule has 3 aromatic rings. The van der Waals surface area contributed by atoms with Gasteiger partial charge in [-0.15, -0.1) is 0 Å². The third kappa shape index (κ3) is 4.06. The molecule has 0 unspecified atom stereocenters. The topological polar surface area (TPSA) is 88.1 Å². The molecule has 0 aliphatic carbocycles. The van der Waals surface area contributed by atoms with Crippen LogP contribution in [0.2, 0.25) is 0 Å². The lowest BCUT2D eigenvalue weighted by Crippen LogP contribution is -2.47. The van der Waals surface area contributed by atoms with Crippen molar-refractivity contribution >= 4 is 26.7 Å². The molecular weight excluding hydrogens is 454 g/mol. The second-order valence-corrected chi connectivity index (χ2v) is 10.7. The van der Waals surface area contributed by atoms with E-state index in [1.54, 1.807) is 30.9 Å². The second-order valence-electron chi connectivity index (χ2n) is 8.73. The number of sulfonamides is 1. The number of rotatable bonds is 5. The molecule has 1 aromatic heterocycles. The van der Waals surface area contributed by atoms with E-state index in [0.29, 0.717) is 36.0 Å². The lowest BCUT2D eigenvalue weighted by atomic mass is 9.99. The van der Waals surface area contributed by atoms with Crippen LogP contribution in [0.25, 0.3) is 10.9 Å². The van der Waals surface area contributed by atoms with Crippen molar-refractivity contribution in [2.24, 2.45) is 0 Å². The van der Waals surface area contributed by atoms with Gasteiger partial charge in [0.2, 0.25) is 10.0 Å². The molecule has 0 N–H and O–H groups in total. The van der Waals surface area contributed by atoms with Crippen LogP contribution < -0.4 is 14.4 Å². The number of aromatic nitrogens is 2. The molecule has 2 aliphatic rings. The molecule has 0 saturated carbocycles. The van der Waals surface area contributed by atoms with Gasteiger partial charge < -0.3 is 19.3 Å². The van der Waals surface area contributed by atoms with Crippen LogP contribution in [-0.4, -0.2) is 81.6 Å². The predicted octanol–water partition coefficient (Wildman–Crippen LogP) is 2.15. The van der Waals surface area contributed by atoms with Crippen LogP contribution in [0.3, 0.4) is 0 Å². The highest BCUT2D eigenvalue weighted by Gasteiger charge is 2.29. The van der Waals surface area contributed by atoms with Crippen LogP contribution in [0.15, 0.2) is 41.6 Å². The van der Waals surface area contributed by atoms with Gasteiger partial charge in [-0.2, -0.15) is 4.31 Å². The monoisotopic (exact) mass is 483 g/mol. The molecule has 1 fully saturated rings. The summed E-state index contributed by atoms with van der Waals surface area (Å²) < 4.78 is 39.1. The van der Waals surface area contributed by atoms with Gasteiger partial charge in [0, 0.05) is 50.7 Å². The van der Waals surface area contributed by atoms with Gasteiger partial charge >= 0.3 is 0 Å². The number of ether oxygens (including phenoxy) is 2. The van der Waals surface area contributed by atoms with E-state index in [0.717, 1.165) is 48.3 Å². The van der Waals surface area contributed by atoms with Crippen molar-refractivity contribution in [2.75, 3.05) is 58.9 Å². The molecule has 0 atom stereocenters. The maximum Gasteiger partial charge on any atom is 0.243 e. The first-order valence-corrected chi connectivity index (χ1v) is 12.8. The van der Waals surface area contributed by atoms with E-state index in [1.165, 1.54) is 5.56 Å². The summed E-state index contributed by atoms with van der Waals surface area (Å²) in [6.45, 7) is 3.86. The third-order valence-corrected chi connectivity index (χ3v) is 8.60. The zero-order valence-electron chi connectivity index (χ0n) is 19.7. The van der Waals surface area contributed by atoms with Crippen molar-refractivity contribution in [1.29, 1.82) is 0 Å². The molecule has 180 valence electrons. The fourth-order valence-electron chi connectivity index (χ4n) is 4.67. The van der Waals surface area contributed by atoms with E-state index in [4.69, 9.17) is 9.47 Å². The molecule has 0 bridgehead atoms. The Morgan fingerprint density at radius 1 is 0.882 bits per heavy atom. The average Bonchev–Trinajstić information content (AvgIpc) is 2.87. The van der Waals surface area contributed by atoms with E-state index in [2.05, 4.69) is 19.8 Å². The van der Waals surface area contributed by atoms with Gasteiger partial charge in [-0.25, -0.2) is 18.4 Å². The number of piperazine rings is 1. The minimum Gasteiger partial charge on any atom is -0.493 e. The standard InChI is InChI=1S/C24H29N5O4S/c1-27-8-10-29(11-9-27)34(30,31)19-5-4-17-6-7-28(15-18(17)12-19)24-20-13-22(32-2)23(33-3)14-21(20)25-16-26-24/h4-5,12-14,16H,6-11,15H2,1-3H3. The maximum atomic E-state index is 13.3. The first-order chi connectivity index (χ1) is 16.4. The summed E-state index contributed by atoms with van der Waals surface area (Å²) >= 11 is 0. The first-order valence-electron chi connectivity index (χ1n) is 11.3. The quantitative estimate of drug-likeness (QED) is 0.546. The summed E-state index contributed by atoms with van der Waals surface area (Å²) in [5, 5.41) is 0.866. The molecule has 34 heavy (non-hydrogen) atoms. The molecule has 1 saturated heterocycles. The Morgan fingerprint density at radius 2 is 1.62 bits per heavy atom. The lowest BCUT2D eigenvalue weighted by Gasteiger charge is -2.33. The van der Waals surface area contributed by atoms with Crippen molar-refractivity contribution in [2.45, 2.75) is 17.9 Å². The molecule has 5 rings (SSSR count). The molecule has 0 amide bonds. The Labute approximate surface area is 200 Å². The Morgan fingerprint density at radius 3 is 2.35 bits per heavy atom. The van der Waals surface area contributed by atoms with Gasteiger partial charge in [0.15, 0.2) is 11.5 Å². The Bertz CT molecular complexity index is 1320. The number of hydrogen-bond acceptors (Lipinski definition) is 8. The second kappa shape index (κ2) is 9.01. The van der Waals surface area contributed by atoms with Gasteiger partial charge in [-0.1, -0.05) is 6.07 Å². The summed E-state index contributed by atoms with van der Waals surface area (Å²) in [5.41, 5.74) is 2.94. The Hall–Kier alpha value is -2.95. The minimum absolute atomic E-state index is 0.358. The summed E-state index contributed by atoms with van der Waals surface area (Å²) in [5.74, 6) is 2.02. The highest BCUT2D eigenvalue weighted by molar-refractivity contribution is 7.89. The van der Waals surface area contributed by atoms with Gasteiger partial charge in [-0.3, -0.25) is 0 Å². The zero-order chi connectivity index (χ0) is 23.9. The highest BCUT2D eigenvalue weighted by atomic mass is 32.2. The summed E-state index contributed by atoms with van der Waals surface area (Å²) in [6, 6.07) is 9.29. The normalized spacial score (nSPS) is 17.6. The number of fused-ring (bicyclic) bond motifs is 2. The maximum absolute atomic E-state index is 13.3. The molecule has 3 heterocycles. The number of benzene rings is 2. The van der Waals surface area contributed by atoms with E-state index < -0.39 is 10.0 Å². The zero-order valence-corrected chi connectivity index (χ0v) is 20.5. The number of nitrogens with zero attached hydrogens (tertiary/aromatic N) is 5. The van der Waals surface area contributed by atoms with Crippen molar-refractivity contribution in [3.63, 3.8) is 0 Å². The minimum atomic E-state index is -3.52. The van der Waals surface area contributed by atoms with Gasteiger partial charge in [0.1, 0.15) is 12.1 Å². The Kier molecular flexibility index (Phi) is 6.05. The largest absolute Gasteiger partial charge is 0.493 e. The smallest absolute Gasteiger partial charge is 0.243 e. The van der Waals surface area contributed by atoms with E-state index >= 15 is 0 Å². The molecule has 10 heteroatoms. The fraction of sp³-hybridized carbons (Fsp3) is 0.417. The van der Waals surface area contributed by atoms with Crippen molar-refractivity contribution < 1.29 is 17.9 Å². The Balaban J connectivity index is 1.47. The number of methoxy groups -OCH3 is 2. The molecule has 0 radical (unpaired) electrons. The molecule has 2 aromatic carbocycles.